The van der Waals surface area contributed by atoms with Crippen molar-refractivity contribution in [3.05, 3.63) is 64.3 Å². The van der Waals surface area contributed by atoms with Crippen molar-refractivity contribution in [3.63, 3.8) is 0 Å². The number of Topliss-reactive ketones (excluding diaryl/α,β-unsaturated/α-hetero) is 1. The highest BCUT2D eigenvalue weighted by atomic mass is 35.5. The molecule has 226 valence electrons. The first-order chi connectivity index (χ1) is 19.7. The Hall–Kier alpha value is -2.81. The Morgan fingerprint density at radius 3 is 2.22 bits per heavy atom. The van der Waals surface area contributed by atoms with Gasteiger partial charge in [0.2, 0.25) is 5.89 Å². The van der Waals surface area contributed by atoms with Crippen molar-refractivity contribution in [2.24, 2.45) is 11.1 Å². The maximum Gasteiger partial charge on any atom is 0.250 e. The number of rotatable bonds is 12. The number of benzene rings is 2. The second-order valence-corrected chi connectivity index (χ2v) is 10.6. The third kappa shape index (κ3) is 10.5. The van der Waals surface area contributed by atoms with Crippen LogP contribution in [0, 0.1) is 18.2 Å². The van der Waals surface area contributed by atoms with Crippen LogP contribution in [0.15, 0.2) is 40.8 Å². The molecule has 3 aromatic rings. The monoisotopic (exact) mass is 589 g/mol. The molecule has 7 nitrogen and oxygen atoms in total. The topological polar surface area (TPSA) is 100 Å². The number of ether oxygens (including phenoxy) is 2. The maximum absolute atomic E-state index is 14.7. The Kier molecular flexibility index (Phi) is 14.4. The van der Waals surface area contributed by atoms with E-state index in [2.05, 4.69) is 24.0 Å². The molecule has 1 atom stereocenters. The summed E-state index contributed by atoms with van der Waals surface area (Å²) in [4.78, 5) is 11.4. The Morgan fingerprint density at radius 2 is 1.73 bits per heavy atom. The maximum atomic E-state index is 14.7. The number of aromatic nitrogens is 2. The zero-order valence-electron chi connectivity index (χ0n) is 25.3. The van der Waals surface area contributed by atoms with Gasteiger partial charge in [-0.25, -0.2) is 4.39 Å². The van der Waals surface area contributed by atoms with E-state index in [4.69, 9.17) is 31.2 Å². The number of carbonyl (C=O) groups is 1. The molecule has 0 amide bonds. The van der Waals surface area contributed by atoms with Gasteiger partial charge < -0.3 is 19.6 Å². The molecule has 0 bridgehead atoms. The van der Waals surface area contributed by atoms with Crippen molar-refractivity contribution in [2.75, 3.05) is 19.8 Å². The molecule has 0 radical (unpaired) electrons. The van der Waals surface area contributed by atoms with Crippen molar-refractivity contribution in [2.45, 2.75) is 86.1 Å². The molecule has 4 rings (SSSR count). The highest BCUT2D eigenvalue weighted by molar-refractivity contribution is 6.30. The fourth-order valence-corrected chi connectivity index (χ4v) is 4.72. The van der Waals surface area contributed by atoms with Crippen LogP contribution >= 0.6 is 11.6 Å². The van der Waals surface area contributed by atoms with Crippen LogP contribution in [0.5, 0.6) is 5.75 Å². The van der Waals surface area contributed by atoms with Gasteiger partial charge in [0.05, 0.1) is 24.8 Å². The van der Waals surface area contributed by atoms with Crippen molar-refractivity contribution in [1.82, 2.24) is 10.2 Å². The first kappa shape index (κ1) is 34.4. The fourth-order valence-electron chi connectivity index (χ4n) is 4.59. The lowest BCUT2D eigenvalue weighted by molar-refractivity contribution is -0.122. The Balaban J connectivity index is 0.000000410. The summed E-state index contributed by atoms with van der Waals surface area (Å²) in [6.45, 7) is 13.5. The minimum Gasteiger partial charge on any atom is -0.491 e. The number of nitrogens with two attached hydrogens (primary N) is 1. The van der Waals surface area contributed by atoms with Gasteiger partial charge in [-0.15, -0.1) is 10.2 Å². The molecule has 0 aliphatic carbocycles. The summed E-state index contributed by atoms with van der Waals surface area (Å²) < 4.78 is 31.0. The number of nitrogens with zero attached hydrogens (tertiary/aromatic N) is 2. The van der Waals surface area contributed by atoms with Crippen LogP contribution in [-0.2, 0) is 22.4 Å². The summed E-state index contributed by atoms with van der Waals surface area (Å²) in [5.74, 6) is 0.00387. The predicted octanol–water partition coefficient (Wildman–Crippen LogP) is 7.55. The molecule has 9 heteroatoms. The molecule has 0 unspecified atom stereocenters. The van der Waals surface area contributed by atoms with E-state index in [9.17, 15) is 9.18 Å². The highest BCUT2D eigenvalue weighted by Crippen LogP contribution is 2.37. The average molecular weight is 590 g/mol. The predicted molar refractivity (Wildman–Crippen MR) is 162 cm³/mol. The van der Waals surface area contributed by atoms with Crippen LogP contribution in [-0.4, -0.2) is 41.8 Å². The van der Waals surface area contributed by atoms with Gasteiger partial charge in [-0.3, -0.25) is 4.79 Å². The van der Waals surface area contributed by atoms with Gasteiger partial charge in [0.25, 0.3) is 5.89 Å². The number of carbonyl (C=O) groups excluding carboxylic acids is 1. The van der Waals surface area contributed by atoms with E-state index in [0.29, 0.717) is 34.9 Å². The Labute approximate surface area is 249 Å². The van der Waals surface area contributed by atoms with Gasteiger partial charge in [0.1, 0.15) is 24.0 Å². The lowest BCUT2D eigenvalue weighted by Crippen LogP contribution is -2.42. The fraction of sp³-hybridized carbons (Fsp3) is 0.531. The number of hydrogen-bond donors (Lipinski definition) is 1. The van der Waals surface area contributed by atoms with Gasteiger partial charge in [0.15, 0.2) is 0 Å². The highest BCUT2D eigenvalue weighted by Gasteiger charge is 2.36. The number of aryl methyl sites for hydroxylation is 3. The molecule has 1 aromatic heterocycles. The molecule has 2 N–H and O–H groups in total. The van der Waals surface area contributed by atoms with Crippen LogP contribution in [0.4, 0.5) is 4.39 Å². The normalized spacial score (nSPS) is 14.1. The second kappa shape index (κ2) is 17.2. The lowest BCUT2D eigenvalue weighted by Gasteiger charge is -2.41. The van der Waals surface area contributed by atoms with Crippen LogP contribution in [0.3, 0.4) is 0 Å². The van der Waals surface area contributed by atoms with E-state index in [1.54, 1.807) is 13.0 Å². The first-order valence-corrected chi connectivity index (χ1v) is 14.9. The zero-order chi connectivity index (χ0) is 30.4. The first-order valence-electron chi connectivity index (χ1n) is 14.5. The summed E-state index contributed by atoms with van der Waals surface area (Å²) in [6.07, 6.45) is 6.58. The molecular weight excluding hydrogens is 545 g/mol. The van der Waals surface area contributed by atoms with Crippen molar-refractivity contribution in [1.29, 1.82) is 0 Å². The number of ketones is 1. The molecule has 1 fully saturated rings. The van der Waals surface area contributed by atoms with Crippen molar-refractivity contribution >= 4 is 17.4 Å². The van der Waals surface area contributed by atoms with Crippen LogP contribution in [0.25, 0.3) is 11.5 Å². The Morgan fingerprint density at radius 1 is 1.10 bits per heavy atom. The average Bonchev–Trinajstić information content (AvgIpc) is 3.38. The minimum atomic E-state index is -0.777. The molecule has 1 aliphatic rings. The molecule has 1 aliphatic heterocycles. The molecule has 2 heterocycles. The van der Waals surface area contributed by atoms with Gasteiger partial charge in [-0.1, -0.05) is 64.3 Å². The van der Waals surface area contributed by atoms with Gasteiger partial charge in [0, 0.05) is 23.4 Å². The summed E-state index contributed by atoms with van der Waals surface area (Å²) in [7, 11) is 0. The van der Waals surface area contributed by atoms with E-state index in [1.807, 2.05) is 38.1 Å². The number of hydrogen-bond acceptors (Lipinski definition) is 7. The van der Waals surface area contributed by atoms with Gasteiger partial charge >= 0.3 is 0 Å². The van der Waals surface area contributed by atoms with Crippen LogP contribution in [0.1, 0.15) is 77.3 Å². The molecule has 0 spiro atoms. The molecule has 0 saturated carbocycles. The third-order valence-corrected chi connectivity index (χ3v) is 7.07. The Bertz CT molecular complexity index is 1200. The smallest absolute Gasteiger partial charge is 0.250 e. The van der Waals surface area contributed by atoms with E-state index in [-0.39, 0.29) is 23.8 Å². The third-order valence-electron chi connectivity index (χ3n) is 6.82. The van der Waals surface area contributed by atoms with Crippen molar-refractivity contribution in [3.8, 4) is 17.2 Å². The van der Waals surface area contributed by atoms with Gasteiger partial charge in [-0.05, 0) is 61.9 Å². The molecule has 41 heavy (non-hydrogen) atoms. The van der Waals surface area contributed by atoms with Gasteiger partial charge in [-0.2, -0.15) is 0 Å². The summed E-state index contributed by atoms with van der Waals surface area (Å²) in [5, 5.41) is 8.31. The zero-order valence-corrected chi connectivity index (χ0v) is 26.0. The SMILES string of the molecule is CC.CC(=O)[C@@H](N)COc1cc(F)c(-c2nnc(C)o2)cc1CCc1ccc(Cl)cc1.CCCC1(CCC)COC1. The van der Waals surface area contributed by atoms with E-state index in [0.717, 1.165) is 24.3 Å². The molecular formula is C32H45ClFN3O4. The molecule has 1 saturated heterocycles. The summed E-state index contributed by atoms with van der Waals surface area (Å²) >= 11 is 5.93. The van der Waals surface area contributed by atoms with Crippen LogP contribution in [0.2, 0.25) is 5.02 Å². The largest absolute Gasteiger partial charge is 0.491 e. The van der Waals surface area contributed by atoms with Crippen molar-refractivity contribution < 1.29 is 23.1 Å². The minimum absolute atomic E-state index is 0.0399. The van der Waals surface area contributed by atoms with E-state index in [1.165, 1.54) is 38.7 Å². The summed E-state index contributed by atoms with van der Waals surface area (Å²) in [6, 6.07) is 9.61. The second-order valence-electron chi connectivity index (χ2n) is 10.2. The summed E-state index contributed by atoms with van der Waals surface area (Å²) in [5.41, 5.74) is 8.34. The number of halogens is 2. The standard InChI is InChI=1S/C21H21ClFN3O3.C9H18O.C2H6/c1-12(27)19(24)11-28-20-10-18(23)17(21-26-25-13(2)29-21)9-15(20)6-3-14-4-7-16(22)8-5-14;1-3-5-9(6-4-2)7-10-8-9;1-2/h4-5,7-10,19H,3,6,11,24H2,1-2H3;3-8H2,1-2H3;1-2H3/t19-;;/m0../s1. The van der Waals surface area contributed by atoms with E-state index >= 15 is 0 Å². The lowest BCUT2D eigenvalue weighted by atomic mass is 9.78. The molecule has 2 aromatic carbocycles. The van der Waals surface area contributed by atoms with Crippen LogP contribution < -0.4 is 10.5 Å². The quantitative estimate of drug-likeness (QED) is 0.233. The van der Waals surface area contributed by atoms with E-state index < -0.39 is 11.9 Å².